The minimum atomic E-state index is -3.56. The van der Waals surface area contributed by atoms with Gasteiger partial charge in [0.2, 0.25) is 10.0 Å². The van der Waals surface area contributed by atoms with Gasteiger partial charge in [-0.05, 0) is 54.4 Å². The zero-order valence-corrected chi connectivity index (χ0v) is 16.7. The summed E-state index contributed by atoms with van der Waals surface area (Å²) < 4.78 is 26.1. The first kappa shape index (κ1) is 20.6. The molecule has 0 aliphatic rings. The van der Waals surface area contributed by atoms with Crippen LogP contribution in [-0.2, 0) is 23.0 Å². The van der Waals surface area contributed by atoms with Crippen LogP contribution >= 0.6 is 0 Å². The van der Waals surface area contributed by atoms with Gasteiger partial charge in [-0.2, -0.15) is 0 Å². The molecule has 0 saturated heterocycles. The summed E-state index contributed by atoms with van der Waals surface area (Å²) >= 11 is 0. The lowest BCUT2D eigenvalue weighted by Crippen LogP contribution is -2.23. The molecule has 0 saturated carbocycles. The standard InChI is InChI=1S/C22H22N2O4S/c1-23-29(27,28)19-9-5-8-18(13-19)15-24-22(26)20-14-17(10-11-21(20)25)12-16-6-3-2-4-7-16/h2-11,13-14,23,25H,12,15H2,1H3,(H,24,26). The van der Waals surface area contributed by atoms with Crippen LogP contribution in [0.5, 0.6) is 5.75 Å². The van der Waals surface area contributed by atoms with Gasteiger partial charge in [0, 0.05) is 6.54 Å². The smallest absolute Gasteiger partial charge is 0.255 e. The van der Waals surface area contributed by atoms with Crippen LogP contribution in [-0.4, -0.2) is 26.5 Å². The van der Waals surface area contributed by atoms with Crippen LogP contribution in [0.2, 0.25) is 0 Å². The lowest BCUT2D eigenvalue weighted by atomic mass is 10.0. The van der Waals surface area contributed by atoms with Crippen molar-refractivity contribution in [2.45, 2.75) is 17.9 Å². The van der Waals surface area contributed by atoms with Gasteiger partial charge in [-0.1, -0.05) is 48.5 Å². The van der Waals surface area contributed by atoms with E-state index in [1.807, 2.05) is 30.3 Å². The normalized spacial score (nSPS) is 11.2. The zero-order valence-electron chi connectivity index (χ0n) is 15.9. The molecule has 0 spiro atoms. The Labute approximate surface area is 170 Å². The van der Waals surface area contributed by atoms with E-state index in [9.17, 15) is 18.3 Å². The molecule has 3 aromatic rings. The van der Waals surface area contributed by atoms with Crippen LogP contribution < -0.4 is 10.0 Å². The number of nitrogens with one attached hydrogen (secondary N) is 2. The summed E-state index contributed by atoms with van der Waals surface area (Å²) in [4.78, 5) is 12.7. The van der Waals surface area contributed by atoms with Crippen LogP contribution in [0.1, 0.15) is 27.0 Å². The van der Waals surface area contributed by atoms with Gasteiger partial charge in [-0.15, -0.1) is 0 Å². The number of phenolic OH excluding ortho intramolecular Hbond substituents is 1. The number of sulfonamides is 1. The Morgan fingerprint density at radius 3 is 2.34 bits per heavy atom. The largest absolute Gasteiger partial charge is 0.507 e. The Hall–Kier alpha value is -3.16. The summed E-state index contributed by atoms with van der Waals surface area (Å²) in [5, 5.41) is 12.8. The van der Waals surface area contributed by atoms with E-state index in [0.29, 0.717) is 12.0 Å². The summed E-state index contributed by atoms with van der Waals surface area (Å²) in [5.74, 6) is -0.537. The quantitative estimate of drug-likeness (QED) is 0.558. The summed E-state index contributed by atoms with van der Waals surface area (Å²) in [6.07, 6.45) is 0.644. The highest BCUT2D eigenvalue weighted by atomic mass is 32.2. The lowest BCUT2D eigenvalue weighted by molar-refractivity contribution is 0.0948. The van der Waals surface area contributed by atoms with Crippen molar-refractivity contribution in [1.82, 2.24) is 10.0 Å². The van der Waals surface area contributed by atoms with E-state index < -0.39 is 15.9 Å². The Balaban J connectivity index is 1.73. The number of rotatable bonds is 7. The van der Waals surface area contributed by atoms with Crippen LogP contribution in [0.3, 0.4) is 0 Å². The van der Waals surface area contributed by atoms with E-state index in [4.69, 9.17) is 0 Å². The maximum atomic E-state index is 12.6. The SMILES string of the molecule is CNS(=O)(=O)c1cccc(CNC(=O)c2cc(Cc3ccccc3)ccc2O)c1. The minimum Gasteiger partial charge on any atom is -0.507 e. The number of amides is 1. The molecule has 150 valence electrons. The molecule has 0 aliphatic heterocycles. The molecule has 0 aromatic heterocycles. The Kier molecular flexibility index (Phi) is 6.31. The number of benzene rings is 3. The fourth-order valence-corrected chi connectivity index (χ4v) is 3.72. The first-order valence-electron chi connectivity index (χ1n) is 9.05. The Bertz CT molecular complexity index is 1110. The summed E-state index contributed by atoms with van der Waals surface area (Å²) in [7, 11) is -2.21. The van der Waals surface area contributed by atoms with Gasteiger partial charge in [-0.25, -0.2) is 13.1 Å². The van der Waals surface area contributed by atoms with Crippen molar-refractivity contribution >= 4 is 15.9 Å². The first-order valence-corrected chi connectivity index (χ1v) is 10.5. The van der Waals surface area contributed by atoms with Crippen molar-refractivity contribution in [3.63, 3.8) is 0 Å². The van der Waals surface area contributed by atoms with Crippen molar-refractivity contribution in [1.29, 1.82) is 0 Å². The molecule has 3 aromatic carbocycles. The lowest BCUT2D eigenvalue weighted by Gasteiger charge is -2.10. The molecule has 6 nitrogen and oxygen atoms in total. The van der Waals surface area contributed by atoms with Gasteiger partial charge >= 0.3 is 0 Å². The molecule has 7 heteroatoms. The van der Waals surface area contributed by atoms with Crippen molar-refractivity contribution < 1.29 is 18.3 Å². The molecule has 0 aliphatic carbocycles. The number of aromatic hydroxyl groups is 1. The third-order valence-electron chi connectivity index (χ3n) is 4.49. The van der Waals surface area contributed by atoms with E-state index in [1.54, 1.807) is 24.3 Å². The Morgan fingerprint density at radius 1 is 0.897 bits per heavy atom. The predicted molar refractivity (Wildman–Crippen MR) is 111 cm³/mol. The van der Waals surface area contributed by atoms with Gasteiger partial charge in [0.15, 0.2) is 0 Å². The van der Waals surface area contributed by atoms with Gasteiger partial charge in [0.25, 0.3) is 5.91 Å². The molecule has 0 bridgehead atoms. The Morgan fingerprint density at radius 2 is 1.62 bits per heavy atom. The monoisotopic (exact) mass is 410 g/mol. The molecule has 3 N–H and O–H groups in total. The number of hydrogen-bond acceptors (Lipinski definition) is 4. The third kappa shape index (κ3) is 5.22. The van der Waals surface area contributed by atoms with Crippen molar-refractivity contribution in [2.75, 3.05) is 7.05 Å². The average Bonchev–Trinajstić information content (AvgIpc) is 2.74. The van der Waals surface area contributed by atoms with Crippen LogP contribution in [0.15, 0.2) is 77.7 Å². The van der Waals surface area contributed by atoms with Gasteiger partial charge in [-0.3, -0.25) is 4.79 Å². The molecular formula is C22H22N2O4S. The molecule has 0 unspecified atom stereocenters. The van der Waals surface area contributed by atoms with Crippen LogP contribution in [0, 0.1) is 0 Å². The highest BCUT2D eigenvalue weighted by Crippen LogP contribution is 2.21. The number of carbonyl (C=O) groups excluding carboxylic acids is 1. The first-order chi connectivity index (χ1) is 13.9. The van der Waals surface area contributed by atoms with E-state index in [1.165, 1.54) is 25.2 Å². The van der Waals surface area contributed by atoms with Crippen molar-refractivity contribution in [2.24, 2.45) is 0 Å². The van der Waals surface area contributed by atoms with Crippen LogP contribution in [0.4, 0.5) is 0 Å². The highest BCUT2D eigenvalue weighted by molar-refractivity contribution is 7.89. The van der Waals surface area contributed by atoms with E-state index >= 15 is 0 Å². The predicted octanol–water partition coefficient (Wildman–Crippen LogP) is 2.82. The fourth-order valence-electron chi connectivity index (χ4n) is 2.92. The van der Waals surface area contributed by atoms with Gasteiger partial charge < -0.3 is 10.4 Å². The maximum absolute atomic E-state index is 12.6. The molecule has 0 radical (unpaired) electrons. The molecule has 0 heterocycles. The minimum absolute atomic E-state index is 0.106. The zero-order chi connectivity index (χ0) is 20.9. The molecule has 0 atom stereocenters. The summed E-state index contributed by atoms with van der Waals surface area (Å²) in [6, 6.07) is 21.1. The van der Waals surface area contributed by atoms with Crippen molar-refractivity contribution in [3.8, 4) is 5.75 Å². The van der Waals surface area contributed by atoms with Crippen LogP contribution in [0.25, 0.3) is 0 Å². The van der Waals surface area contributed by atoms with Gasteiger partial charge in [0.1, 0.15) is 5.75 Å². The van der Waals surface area contributed by atoms with Crippen molar-refractivity contribution in [3.05, 3.63) is 95.1 Å². The average molecular weight is 410 g/mol. The van der Waals surface area contributed by atoms with E-state index in [0.717, 1.165) is 11.1 Å². The second-order valence-electron chi connectivity index (χ2n) is 6.55. The molecule has 1 amide bonds. The topological polar surface area (TPSA) is 95.5 Å². The second-order valence-corrected chi connectivity index (χ2v) is 8.44. The molecular weight excluding hydrogens is 388 g/mol. The number of carbonyl (C=O) groups is 1. The fraction of sp³-hybridized carbons (Fsp3) is 0.136. The summed E-state index contributed by atoms with van der Waals surface area (Å²) in [5.41, 5.74) is 2.82. The number of phenols is 1. The third-order valence-corrected chi connectivity index (χ3v) is 5.90. The number of hydrogen-bond donors (Lipinski definition) is 3. The van der Waals surface area contributed by atoms with E-state index in [-0.39, 0.29) is 22.8 Å². The maximum Gasteiger partial charge on any atom is 0.255 e. The molecule has 29 heavy (non-hydrogen) atoms. The molecule has 0 fully saturated rings. The van der Waals surface area contributed by atoms with E-state index in [2.05, 4.69) is 10.0 Å². The summed E-state index contributed by atoms with van der Waals surface area (Å²) in [6.45, 7) is 0.133. The highest BCUT2D eigenvalue weighted by Gasteiger charge is 2.14. The molecule has 3 rings (SSSR count). The van der Waals surface area contributed by atoms with Gasteiger partial charge in [0.05, 0.1) is 10.5 Å². The second kappa shape index (κ2) is 8.89.